The molecule has 1 fully saturated rings. The Bertz CT molecular complexity index is 952. The van der Waals surface area contributed by atoms with Crippen LogP contribution in [-0.4, -0.2) is 12.5 Å². The summed E-state index contributed by atoms with van der Waals surface area (Å²) in [5.74, 6) is -0.106. The van der Waals surface area contributed by atoms with Crippen molar-refractivity contribution in [3.63, 3.8) is 0 Å². The zero-order valence-corrected chi connectivity index (χ0v) is 15.4. The topological polar surface area (TPSA) is 20.3 Å². The summed E-state index contributed by atoms with van der Waals surface area (Å²) < 4.78 is 13.2. The second-order valence-corrected chi connectivity index (χ2v) is 7.46. The van der Waals surface area contributed by atoms with Gasteiger partial charge in [0, 0.05) is 24.1 Å². The van der Waals surface area contributed by atoms with Gasteiger partial charge in [0.15, 0.2) is 0 Å². The van der Waals surface area contributed by atoms with Crippen LogP contribution in [0.3, 0.4) is 0 Å². The molecule has 3 aromatic carbocycles. The highest BCUT2D eigenvalue weighted by Crippen LogP contribution is 2.37. The highest BCUT2D eigenvalue weighted by Gasteiger charge is 2.36. The Morgan fingerprint density at radius 1 is 0.889 bits per heavy atom. The van der Waals surface area contributed by atoms with Gasteiger partial charge in [0.1, 0.15) is 5.82 Å². The highest BCUT2D eigenvalue weighted by atomic mass is 19.1. The van der Waals surface area contributed by atoms with Gasteiger partial charge in [-0.3, -0.25) is 4.79 Å². The number of hydrogen-bond acceptors (Lipinski definition) is 1. The van der Waals surface area contributed by atoms with Crippen molar-refractivity contribution in [3.8, 4) is 11.1 Å². The molecule has 0 spiro atoms. The number of anilines is 1. The first-order valence-corrected chi connectivity index (χ1v) is 9.27. The molecule has 0 radical (unpaired) electrons. The van der Waals surface area contributed by atoms with Gasteiger partial charge >= 0.3 is 0 Å². The molecule has 3 heteroatoms. The number of rotatable bonds is 3. The van der Waals surface area contributed by atoms with Crippen LogP contribution >= 0.6 is 0 Å². The summed E-state index contributed by atoms with van der Waals surface area (Å²) in [6.45, 7) is 2.86. The van der Waals surface area contributed by atoms with E-state index in [-0.39, 0.29) is 17.1 Å². The van der Waals surface area contributed by atoms with Crippen molar-refractivity contribution < 1.29 is 9.18 Å². The number of benzene rings is 3. The Labute approximate surface area is 159 Å². The van der Waals surface area contributed by atoms with Gasteiger partial charge in [-0.05, 0) is 47.4 Å². The zero-order valence-electron chi connectivity index (χ0n) is 15.4. The molecule has 2 nitrogen and oxygen atoms in total. The quantitative estimate of drug-likeness (QED) is 0.598. The average molecular weight is 359 g/mol. The Kier molecular flexibility index (Phi) is 4.53. The molecule has 3 aromatic rings. The molecule has 1 heterocycles. The monoisotopic (exact) mass is 359 g/mol. The van der Waals surface area contributed by atoms with Crippen molar-refractivity contribution in [2.45, 2.75) is 25.2 Å². The Morgan fingerprint density at radius 3 is 2.33 bits per heavy atom. The van der Waals surface area contributed by atoms with Crippen molar-refractivity contribution in [1.29, 1.82) is 0 Å². The number of hydrogen-bond donors (Lipinski definition) is 0. The van der Waals surface area contributed by atoms with E-state index in [9.17, 15) is 9.18 Å². The number of carbonyl (C=O) groups excluding carboxylic acids is 1. The number of halogens is 1. The fourth-order valence-corrected chi connectivity index (χ4v) is 3.86. The van der Waals surface area contributed by atoms with Crippen LogP contribution in [0.2, 0.25) is 0 Å². The van der Waals surface area contributed by atoms with E-state index in [1.54, 1.807) is 12.1 Å². The summed E-state index contributed by atoms with van der Waals surface area (Å²) in [5.41, 5.74) is 3.92. The van der Waals surface area contributed by atoms with E-state index in [0.29, 0.717) is 13.0 Å². The Hall–Kier alpha value is -2.94. The van der Waals surface area contributed by atoms with Gasteiger partial charge in [0.2, 0.25) is 5.91 Å². The molecular weight excluding hydrogens is 337 g/mol. The van der Waals surface area contributed by atoms with Crippen molar-refractivity contribution in [3.05, 3.63) is 90.2 Å². The largest absolute Gasteiger partial charge is 0.312 e. The summed E-state index contributed by atoms with van der Waals surface area (Å²) in [7, 11) is 0. The number of amides is 1. The first-order chi connectivity index (χ1) is 13.0. The molecule has 0 N–H and O–H groups in total. The zero-order chi connectivity index (χ0) is 18.9. The molecule has 0 bridgehead atoms. The van der Waals surface area contributed by atoms with Gasteiger partial charge in [0.25, 0.3) is 0 Å². The van der Waals surface area contributed by atoms with E-state index >= 15 is 0 Å². The van der Waals surface area contributed by atoms with Gasteiger partial charge in [-0.1, -0.05) is 61.5 Å². The minimum absolute atomic E-state index is 0.122. The van der Waals surface area contributed by atoms with Crippen molar-refractivity contribution in [2.24, 2.45) is 0 Å². The Morgan fingerprint density at radius 2 is 1.63 bits per heavy atom. The minimum atomic E-state index is -0.249. The second-order valence-electron chi connectivity index (χ2n) is 7.46. The normalized spacial score (nSPS) is 19.9. The highest BCUT2D eigenvalue weighted by molar-refractivity contribution is 5.95. The lowest BCUT2D eigenvalue weighted by Crippen LogP contribution is -2.45. The van der Waals surface area contributed by atoms with E-state index in [2.05, 4.69) is 19.1 Å². The van der Waals surface area contributed by atoms with Crippen molar-refractivity contribution in [2.75, 3.05) is 11.4 Å². The van der Waals surface area contributed by atoms with E-state index in [1.165, 1.54) is 17.7 Å². The maximum atomic E-state index is 13.2. The number of piperidine rings is 1. The van der Waals surface area contributed by atoms with Crippen molar-refractivity contribution in [1.82, 2.24) is 0 Å². The smallest absolute Gasteiger partial charge is 0.227 e. The van der Waals surface area contributed by atoms with E-state index in [1.807, 2.05) is 47.4 Å². The van der Waals surface area contributed by atoms with E-state index in [0.717, 1.165) is 23.2 Å². The molecule has 1 aliphatic rings. The third-order valence-electron chi connectivity index (χ3n) is 5.54. The van der Waals surface area contributed by atoms with E-state index < -0.39 is 0 Å². The number of carbonyl (C=O) groups is 1. The molecule has 4 rings (SSSR count). The molecule has 1 amide bonds. The second kappa shape index (κ2) is 6.99. The average Bonchev–Trinajstić information content (AvgIpc) is 2.69. The lowest BCUT2D eigenvalue weighted by Gasteiger charge is -2.39. The maximum Gasteiger partial charge on any atom is 0.227 e. The minimum Gasteiger partial charge on any atom is -0.312 e. The van der Waals surface area contributed by atoms with Gasteiger partial charge in [0.05, 0.1) is 0 Å². The van der Waals surface area contributed by atoms with Crippen LogP contribution in [-0.2, 0) is 10.2 Å². The van der Waals surface area contributed by atoms with Crippen molar-refractivity contribution >= 4 is 11.6 Å². The molecule has 1 atom stereocenters. The van der Waals surface area contributed by atoms with Gasteiger partial charge in [-0.2, -0.15) is 0 Å². The molecule has 1 saturated heterocycles. The van der Waals surface area contributed by atoms with Gasteiger partial charge in [-0.25, -0.2) is 4.39 Å². The summed E-state index contributed by atoms with van der Waals surface area (Å²) in [4.78, 5) is 14.8. The maximum absolute atomic E-state index is 13.2. The number of nitrogens with zero attached hydrogens (tertiary/aromatic N) is 1. The van der Waals surface area contributed by atoms with Crippen LogP contribution in [0, 0.1) is 5.82 Å². The first kappa shape index (κ1) is 17.5. The fourth-order valence-electron chi connectivity index (χ4n) is 3.86. The molecule has 1 aliphatic heterocycles. The van der Waals surface area contributed by atoms with Crippen LogP contribution in [0.25, 0.3) is 11.1 Å². The molecular formula is C24H22FNO. The van der Waals surface area contributed by atoms with Gasteiger partial charge in [-0.15, -0.1) is 0 Å². The lowest BCUT2D eigenvalue weighted by atomic mass is 9.74. The first-order valence-electron chi connectivity index (χ1n) is 9.27. The van der Waals surface area contributed by atoms with Gasteiger partial charge < -0.3 is 4.90 Å². The van der Waals surface area contributed by atoms with Crippen LogP contribution in [0.15, 0.2) is 78.9 Å². The SMILES string of the molecule is C[C@]1(c2ccccc2)CCN(c2cccc(-c3ccc(F)cc3)c2)C(=O)C1. The Balaban J connectivity index is 1.58. The summed E-state index contributed by atoms with van der Waals surface area (Å²) in [6.07, 6.45) is 1.42. The molecule has 0 aliphatic carbocycles. The molecule has 136 valence electrons. The van der Waals surface area contributed by atoms with Crippen LogP contribution in [0.4, 0.5) is 10.1 Å². The van der Waals surface area contributed by atoms with Crippen LogP contribution in [0.1, 0.15) is 25.3 Å². The summed E-state index contributed by atoms with van der Waals surface area (Å²) >= 11 is 0. The van der Waals surface area contributed by atoms with Crippen LogP contribution < -0.4 is 4.90 Å². The third kappa shape index (κ3) is 3.50. The van der Waals surface area contributed by atoms with Crippen LogP contribution in [0.5, 0.6) is 0 Å². The predicted molar refractivity (Wildman–Crippen MR) is 107 cm³/mol. The molecule has 27 heavy (non-hydrogen) atoms. The molecule has 0 saturated carbocycles. The fraction of sp³-hybridized carbons (Fsp3) is 0.208. The summed E-state index contributed by atoms with van der Waals surface area (Å²) in [5, 5.41) is 0. The molecule has 0 unspecified atom stereocenters. The third-order valence-corrected chi connectivity index (χ3v) is 5.54. The van der Waals surface area contributed by atoms with E-state index in [4.69, 9.17) is 0 Å². The molecule has 0 aromatic heterocycles. The lowest BCUT2D eigenvalue weighted by molar-refractivity contribution is -0.121. The summed E-state index contributed by atoms with van der Waals surface area (Å²) in [6, 6.07) is 24.6. The predicted octanol–water partition coefficient (Wildman–Crippen LogP) is 5.58. The standard InChI is InChI=1S/C24H22FNO/c1-24(20-7-3-2-4-8-20)14-15-26(23(27)17-24)22-9-5-6-19(16-22)18-10-12-21(25)13-11-18/h2-13,16H,14-15,17H2,1H3/t24-/m0/s1.